The minimum absolute atomic E-state index is 0.374. The lowest BCUT2D eigenvalue weighted by Gasteiger charge is -2.22. The minimum Gasteiger partial charge on any atom is -0.480 e. The van der Waals surface area contributed by atoms with E-state index in [2.05, 4.69) is 0 Å². The van der Waals surface area contributed by atoms with Gasteiger partial charge >= 0.3 is 5.97 Å². The van der Waals surface area contributed by atoms with Gasteiger partial charge in [-0.05, 0) is 19.8 Å². The van der Waals surface area contributed by atoms with Crippen molar-refractivity contribution in [3.63, 3.8) is 0 Å². The van der Waals surface area contributed by atoms with Gasteiger partial charge in [-0.25, -0.2) is 4.79 Å². The van der Waals surface area contributed by atoms with Crippen LogP contribution in [0, 0.1) is 5.92 Å². The predicted molar refractivity (Wildman–Crippen MR) is 56.5 cm³/mol. The first kappa shape index (κ1) is 12.7. The molecule has 1 N–H and O–H groups in total. The van der Waals surface area contributed by atoms with Crippen LogP contribution in [0.4, 0.5) is 0 Å². The maximum Gasteiger partial charge on any atom is 0.326 e. The third-order valence-electron chi connectivity index (χ3n) is 2.53. The highest BCUT2D eigenvalue weighted by molar-refractivity contribution is 7.71. The zero-order valence-electron chi connectivity index (χ0n) is 8.79. The van der Waals surface area contributed by atoms with Crippen LogP contribution in [0.1, 0.15) is 19.8 Å². The van der Waals surface area contributed by atoms with Crippen LogP contribution in [-0.4, -0.2) is 48.3 Å². The molecule has 1 aliphatic rings. The lowest BCUT2D eigenvalue weighted by Crippen LogP contribution is -2.43. The first-order valence-electron chi connectivity index (χ1n) is 4.90. The fourth-order valence-corrected chi connectivity index (χ4v) is 2.22. The van der Waals surface area contributed by atoms with Gasteiger partial charge in [0, 0.05) is 11.9 Å². The number of carbonyl (C=O) groups is 2. The Hall–Kier alpha value is -1.37. The summed E-state index contributed by atoms with van der Waals surface area (Å²) < 4.78 is 20.8. The van der Waals surface area contributed by atoms with Crippen LogP contribution in [0.25, 0.3) is 0 Å². The second-order valence-electron chi connectivity index (χ2n) is 3.71. The Morgan fingerprint density at radius 1 is 1.50 bits per heavy atom. The normalized spacial score (nSPS) is 21.6. The number of aliphatic carboxylic acids is 1. The van der Waals surface area contributed by atoms with Crippen molar-refractivity contribution < 1.29 is 23.1 Å². The summed E-state index contributed by atoms with van der Waals surface area (Å²) in [6.07, 6.45) is 1.06. The molecule has 0 spiro atoms. The van der Waals surface area contributed by atoms with Crippen LogP contribution in [0.15, 0.2) is 0 Å². The van der Waals surface area contributed by atoms with Gasteiger partial charge in [-0.1, -0.05) is 0 Å². The molecule has 0 aromatic heterocycles. The standard InChI is InChI=1S/C9H13NO5S/c1-6(5-16(14)15)8(11)10-4-2-3-7(10)9(12)13/h5-7H,2-4H2,1H3,(H,12,13)/t6-,7+/m1/s1. The Balaban J connectivity index is 2.81. The Morgan fingerprint density at radius 3 is 2.62 bits per heavy atom. The third-order valence-corrected chi connectivity index (χ3v) is 3.16. The zero-order valence-corrected chi connectivity index (χ0v) is 9.61. The Labute approximate surface area is 94.4 Å². The molecule has 0 aliphatic carbocycles. The second kappa shape index (κ2) is 5.11. The van der Waals surface area contributed by atoms with Crippen molar-refractivity contribution in [3.8, 4) is 0 Å². The highest BCUT2D eigenvalue weighted by atomic mass is 32.2. The molecule has 7 heteroatoms. The fraction of sp³-hybridized carbons (Fsp3) is 0.667. The molecule has 1 amide bonds. The van der Waals surface area contributed by atoms with E-state index in [0.717, 1.165) is 5.37 Å². The molecule has 0 bridgehead atoms. The summed E-state index contributed by atoms with van der Waals surface area (Å²) in [5, 5.41) is 9.74. The molecule has 1 fully saturated rings. The van der Waals surface area contributed by atoms with E-state index < -0.39 is 34.1 Å². The van der Waals surface area contributed by atoms with Crippen molar-refractivity contribution in [3.05, 3.63) is 0 Å². The first-order chi connectivity index (χ1) is 7.43. The molecule has 0 unspecified atom stereocenters. The van der Waals surface area contributed by atoms with E-state index >= 15 is 0 Å². The summed E-state index contributed by atoms with van der Waals surface area (Å²) in [6.45, 7) is 1.81. The van der Waals surface area contributed by atoms with Gasteiger partial charge in [0.2, 0.25) is 16.2 Å². The van der Waals surface area contributed by atoms with E-state index in [4.69, 9.17) is 5.11 Å². The summed E-state index contributed by atoms with van der Waals surface area (Å²) in [6, 6.07) is -0.816. The molecule has 1 heterocycles. The molecule has 2 atom stereocenters. The number of amides is 1. The van der Waals surface area contributed by atoms with Gasteiger partial charge in [0.05, 0.1) is 5.92 Å². The van der Waals surface area contributed by atoms with Gasteiger partial charge in [-0.15, -0.1) is 0 Å². The average Bonchev–Trinajstić information content (AvgIpc) is 2.63. The monoisotopic (exact) mass is 247 g/mol. The van der Waals surface area contributed by atoms with E-state index in [9.17, 15) is 18.0 Å². The van der Waals surface area contributed by atoms with Crippen LogP contribution >= 0.6 is 0 Å². The van der Waals surface area contributed by atoms with Crippen molar-refractivity contribution in [2.75, 3.05) is 6.54 Å². The van der Waals surface area contributed by atoms with E-state index in [-0.39, 0.29) is 0 Å². The fourth-order valence-electron chi connectivity index (χ4n) is 1.77. The molecular weight excluding hydrogens is 234 g/mol. The lowest BCUT2D eigenvalue weighted by molar-refractivity contribution is -0.148. The summed E-state index contributed by atoms with van der Waals surface area (Å²) in [5.41, 5.74) is 0. The van der Waals surface area contributed by atoms with Gasteiger partial charge in [-0.3, -0.25) is 4.79 Å². The molecule has 16 heavy (non-hydrogen) atoms. The predicted octanol–water partition coefficient (Wildman–Crippen LogP) is -0.621. The molecule has 6 nitrogen and oxygen atoms in total. The zero-order chi connectivity index (χ0) is 12.3. The average molecular weight is 247 g/mol. The number of nitrogens with zero attached hydrogens (tertiary/aromatic N) is 1. The topological polar surface area (TPSA) is 91.8 Å². The van der Waals surface area contributed by atoms with E-state index in [1.54, 1.807) is 0 Å². The summed E-state index contributed by atoms with van der Waals surface area (Å²) in [7, 11) is -2.41. The highest BCUT2D eigenvalue weighted by Crippen LogP contribution is 2.19. The number of carboxylic acid groups (broad SMARTS) is 1. The summed E-state index contributed by atoms with van der Waals surface area (Å²) in [4.78, 5) is 23.8. The van der Waals surface area contributed by atoms with E-state index in [0.29, 0.717) is 19.4 Å². The number of likely N-dealkylation sites (tertiary alicyclic amines) is 1. The molecule has 1 saturated heterocycles. The lowest BCUT2D eigenvalue weighted by atomic mass is 10.1. The molecular formula is C9H13NO5S. The molecule has 90 valence electrons. The Bertz CT molecular complexity index is 419. The third kappa shape index (κ3) is 2.82. The maximum atomic E-state index is 11.8. The molecule has 1 aliphatic heterocycles. The van der Waals surface area contributed by atoms with Crippen molar-refractivity contribution >= 4 is 27.5 Å². The SMILES string of the molecule is C[C@H](C=S(=O)=O)C(=O)N1CCC[C@H]1C(=O)O. The van der Waals surface area contributed by atoms with Gasteiger partial charge in [0.25, 0.3) is 0 Å². The molecule has 0 radical (unpaired) electrons. The van der Waals surface area contributed by atoms with Gasteiger partial charge in [0.15, 0.2) is 0 Å². The van der Waals surface area contributed by atoms with Gasteiger partial charge in [0.1, 0.15) is 6.04 Å². The number of rotatable bonds is 3. The molecule has 0 saturated carbocycles. The number of carboxylic acids is 1. The number of hydrogen-bond donors (Lipinski definition) is 1. The first-order valence-corrected chi connectivity index (χ1v) is 6.03. The molecule has 0 aromatic rings. The van der Waals surface area contributed by atoms with Crippen LogP contribution in [-0.2, 0) is 19.9 Å². The van der Waals surface area contributed by atoms with Crippen LogP contribution in [0.2, 0.25) is 0 Å². The van der Waals surface area contributed by atoms with E-state index in [1.807, 2.05) is 0 Å². The van der Waals surface area contributed by atoms with Gasteiger partial charge in [-0.2, -0.15) is 8.42 Å². The summed E-state index contributed by atoms with van der Waals surface area (Å²) in [5.74, 6) is -2.30. The van der Waals surface area contributed by atoms with E-state index in [1.165, 1.54) is 11.8 Å². The Morgan fingerprint density at radius 2 is 2.12 bits per heavy atom. The Kier molecular flexibility index (Phi) is 4.05. The van der Waals surface area contributed by atoms with Crippen LogP contribution < -0.4 is 0 Å². The van der Waals surface area contributed by atoms with Crippen LogP contribution in [0.5, 0.6) is 0 Å². The second-order valence-corrected chi connectivity index (χ2v) is 4.51. The van der Waals surface area contributed by atoms with Crippen LogP contribution in [0.3, 0.4) is 0 Å². The maximum absolute atomic E-state index is 11.8. The van der Waals surface area contributed by atoms with Crippen molar-refractivity contribution in [1.29, 1.82) is 0 Å². The number of carbonyl (C=O) groups excluding carboxylic acids is 1. The largest absolute Gasteiger partial charge is 0.480 e. The number of hydrogen-bond acceptors (Lipinski definition) is 4. The van der Waals surface area contributed by atoms with Crippen molar-refractivity contribution in [2.45, 2.75) is 25.8 Å². The minimum atomic E-state index is -2.41. The van der Waals surface area contributed by atoms with Gasteiger partial charge < -0.3 is 10.0 Å². The molecule has 0 aromatic carbocycles. The quantitative estimate of drug-likeness (QED) is 0.671. The summed E-state index contributed by atoms with van der Waals surface area (Å²) >= 11 is 0. The van der Waals surface area contributed by atoms with Crippen molar-refractivity contribution in [1.82, 2.24) is 4.90 Å². The molecule has 1 rings (SSSR count). The van der Waals surface area contributed by atoms with Crippen molar-refractivity contribution in [2.24, 2.45) is 5.92 Å². The smallest absolute Gasteiger partial charge is 0.326 e. The highest BCUT2D eigenvalue weighted by Gasteiger charge is 2.35.